The number of amides is 4. The standard InChI is InChI=1S/C55H60N8O7/c1-6-32-23-33(24-32)29-70-30-34-25-45(63(28-34)53(65)47(61-55(67)69-5)35-11-8-7-9-12-35)51-57-43-21-17-39-27-37(15-19-41(39)49(43)59-51)36-14-18-40-38(26-36)16-20-42-48(40)58-50(56-42)44-13-10-22-62(44)52(64)46(31(2)3)60-54(66)68-4/h6-9,11-12,14-21,26-27,31-34,44-47H,1,10,13,22-25,28-30H2,2-5H3,(H,56,58)(H,57,59)(H,60,66)(H,61,67)/t32?,33?,34-,44-,45-,46-,47+/m0/s1. The molecule has 3 fully saturated rings. The van der Waals surface area contributed by atoms with Crippen molar-refractivity contribution in [3.8, 4) is 11.1 Å². The minimum atomic E-state index is -0.954. The van der Waals surface area contributed by atoms with Gasteiger partial charge in [-0.3, -0.25) is 9.59 Å². The summed E-state index contributed by atoms with van der Waals surface area (Å²) >= 11 is 0. The average Bonchev–Trinajstić information content (AvgIpc) is 4.20. The van der Waals surface area contributed by atoms with E-state index in [1.807, 2.05) is 72.2 Å². The summed E-state index contributed by atoms with van der Waals surface area (Å²) in [6, 6.07) is 28.1. The summed E-state index contributed by atoms with van der Waals surface area (Å²) in [5, 5.41) is 9.57. The van der Waals surface area contributed by atoms with Crippen LogP contribution in [0.1, 0.15) is 81.3 Å². The number of rotatable bonds is 14. The van der Waals surface area contributed by atoms with Gasteiger partial charge in [0.25, 0.3) is 5.91 Å². The number of fused-ring (bicyclic) bond motifs is 6. The lowest BCUT2D eigenvalue weighted by atomic mass is 9.75. The van der Waals surface area contributed by atoms with Crippen molar-refractivity contribution in [2.24, 2.45) is 23.7 Å². The SMILES string of the molecule is C=CC1CC(COC[C@H]2C[C@@H](c3nc4c(ccc5cc(-c6ccc7c(ccc8[nH]c([C@@H]9CCCN9C(=O)[C@@H](NC(=O)OC)C(C)C)nc87)c6)ccc54)[nH]3)N(C(=O)[C@H](NC(=O)OC)c3ccccc3)C2)C1. The van der Waals surface area contributed by atoms with Gasteiger partial charge in [0.15, 0.2) is 0 Å². The third-order valence-corrected chi connectivity index (χ3v) is 14.7. The normalized spacial score (nSPS) is 21.0. The van der Waals surface area contributed by atoms with Crippen molar-refractivity contribution in [1.82, 2.24) is 40.4 Å². The molecule has 2 aromatic heterocycles. The van der Waals surface area contributed by atoms with Crippen molar-refractivity contribution in [2.75, 3.05) is 40.5 Å². The Kier molecular flexibility index (Phi) is 13.0. The Morgan fingerprint density at radius 1 is 0.729 bits per heavy atom. The summed E-state index contributed by atoms with van der Waals surface area (Å²) in [7, 11) is 2.59. The van der Waals surface area contributed by atoms with Gasteiger partial charge in [-0.05, 0) is 102 Å². The maximum absolute atomic E-state index is 14.7. The highest BCUT2D eigenvalue weighted by Gasteiger charge is 2.42. The zero-order valence-corrected chi connectivity index (χ0v) is 40.1. The second-order valence-electron chi connectivity index (χ2n) is 19.5. The number of alkyl carbamates (subject to hydrolysis) is 2. The number of H-pyrrole nitrogens is 2. The molecule has 15 nitrogen and oxygen atoms in total. The number of nitrogens with zero attached hydrogens (tertiary/aromatic N) is 4. The molecule has 4 amide bonds. The lowest BCUT2D eigenvalue weighted by molar-refractivity contribution is -0.136. The van der Waals surface area contributed by atoms with E-state index in [-0.39, 0.29) is 35.7 Å². The van der Waals surface area contributed by atoms with E-state index in [2.05, 4.69) is 75.7 Å². The van der Waals surface area contributed by atoms with Gasteiger partial charge in [0, 0.05) is 36.4 Å². The summed E-state index contributed by atoms with van der Waals surface area (Å²) in [6.45, 7) is 9.99. The number of carbonyl (C=O) groups excluding carboxylic acids is 4. The molecule has 0 bridgehead atoms. The molecule has 362 valence electrons. The Bertz CT molecular complexity index is 3110. The molecule has 2 aliphatic heterocycles. The molecule has 2 saturated heterocycles. The molecule has 10 rings (SSSR count). The van der Waals surface area contributed by atoms with Gasteiger partial charge in [-0.15, -0.1) is 6.58 Å². The molecule has 1 saturated carbocycles. The van der Waals surface area contributed by atoms with Gasteiger partial charge >= 0.3 is 12.2 Å². The molecule has 4 heterocycles. The van der Waals surface area contributed by atoms with Crippen LogP contribution in [0.25, 0.3) is 54.7 Å². The topological polar surface area (TPSA) is 184 Å². The van der Waals surface area contributed by atoms with Crippen LogP contribution in [0.4, 0.5) is 9.59 Å². The van der Waals surface area contributed by atoms with Crippen molar-refractivity contribution in [1.29, 1.82) is 0 Å². The largest absolute Gasteiger partial charge is 0.453 e. The molecule has 0 radical (unpaired) electrons. The molecule has 3 aliphatic rings. The van der Waals surface area contributed by atoms with Crippen LogP contribution in [-0.2, 0) is 23.8 Å². The number of benzene rings is 5. The number of hydrogen-bond donors (Lipinski definition) is 4. The quantitative estimate of drug-likeness (QED) is 0.0771. The first-order valence-electron chi connectivity index (χ1n) is 24.4. The fraction of sp³-hybridized carbons (Fsp3) is 0.382. The summed E-state index contributed by atoms with van der Waals surface area (Å²) in [5.41, 5.74) is 6.18. The van der Waals surface area contributed by atoms with Gasteiger partial charge in [-0.25, -0.2) is 19.6 Å². The molecule has 1 aliphatic carbocycles. The Morgan fingerprint density at radius 3 is 1.93 bits per heavy atom. The molecule has 5 atom stereocenters. The van der Waals surface area contributed by atoms with Gasteiger partial charge in [-0.1, -0.05) is 86.7 Å². The van der Waals surface area contributed by atoms with Crippen molar-refractivity contribution in [3.63, 3.8) is 0 Å². The van der Waals surface area contributed by atoms with Crippen LogP contribution in [0.2, 0.25) is 0 Å². The van der Waals surface area contributed by atoms with Gasteiger partial charge in [-0.2, -0.15) is 0 Å². The van der Waals surface area contributed by atoms with Crippen LogP contribution in [0, 0.1) is 23.7 Å². The minimum absolute atomic E-state index is 0.0635. The van der Waals surface area contributed by atoms with Crippen molar-refractivity contribution >= 4 is 67.6 Å². The van der Waals surface area contributed by atoms with E-state index in [9.17, 15) is 19.2 Å². The summed E-state index contributed by atoms with van der Waals surface area (Å²) in [4.78, 5) is 74.3. The molecular formula is C55H60N8O7. The first kappa shape index (κ1) is 46.5. The molecule has 4 N–H and O–H groups in total. The first-order chi connectivity index (χ1) is 34.0. The first-order valence-corrected chi connectivity index (χ1v) is 24.4. The number of hydrogen-bond acceptors (Lipinski definition) is 9. The monoisotopic (exact) mass is 944 g/mol. The summed E-state index contributed by atoms with van der Waals surface area (Å²) < 4.78 is 16.1. The Labute approximate surface area is 406 Å². The second kappa shape index (κ2) is 19.6. The molecular weight excluding hydrogens is 885 g/mol. The molecule has 15 heteroatoms. The van der Waals surface area contributed by atoms with E-state index in [0.29, 0.717) is 55.9 Å². The Balaban J connectivity index is 0.910. The fourth-order valence-electron chi connectivity index (χ4n) is 10.8. The van der Waals surface area contributed by atoms with Crippen LogP contribution in [0.15, 0.2) is 104 Å². The van der Waals surface area contributed by atoms with Gasteiger partial charge in [0.05, 0.1) is 55.0 Å². The number of aromatic nitrogens is 4. The van der Waals surface area contributed by atoms with Crippen LogP contribution >= 0.6 is 0 Å². The summed E-state index contributed by atoms with van der Waals surface area (Å²) in [6.07, 6.45) is 5.15. The number of aromatic amines is 2. The maximum Gasteiger partial charge on any atom is 0.407 e. The van der Waals surface area contributed by atoms with E-state index in [1.54, 1.807) is 0 Å². The van der Waals surface area contributed by atoms with E-state index in [1.165, 1.54) is 14.2 Å². The smallest absolute Gasteiger partial charge is 0.407 e. The van der Waals surface area contributed by atoms with Crippen molar-refractivity contribution in [2.45, 2.75) is 70.1 Å². The molecule has 0 unspecified atom stereocenters. The second-order valence-corrected chi connectivity index (χ2v) is 19.5. The van der Waals surface area contributed by atoms with Crippen molar-refractivity contribution < 1.29 is 33.4 Å². The zero-order chi connectivity index (χ0) is 48.6. The molecule has 70 heavy (non-hydrogen) atoms. The Morgan fingerprint density at radius 2 is 1.33 bits per heavy atom. The highest BCUT2D eigenvalue weighted by atomic mass is 16.5. The van der Waals surface area contributed by atoms with E-state index >= 15 is 0 Å². The lowest BCUT2D eigenvalue weighted by Crippen LogP contribution is -2.51. The van der Waals surface area contributed by atoms with E-state index < -0.39 is 24.3 Å². The number of allylic oxidation sites excluding steroid dienone is 1. The van der Waals surface area contributed by atoms with Gasteiger partial charge < -0.3 is 44.6 Å². The predicted octanol–water partition coefficient (Wildman–Crippen LogP) is 9.67. The van der Waals surface area contributed by atoms with E-state index in [4.69, 9.17) is 24.2 Å². The minimum Gasteiger partial charge on any atom is -0.453 e. The van der Waals surface area contributed by atoms with E-state index in [0.717, 1.165) is 86.2 Å². The van der Waals surface area contributed by atoms with Crippen LogP contribution in [-0.4, -0.2) is 100 Å². The zero-order valence-electron chi connectivity index (χ0n) is 40.1. The number of nitrogens with one attached hydrogen (secondary N) is 4. The highest BCUT2D eigenvalue weighted by molar-refractivity contribution is 6.07. The number of methoxy groups -OCH3 is 2. The maximum atomic E-state index is 14.7. The third-order valence-electron chi connectivity index (χ3n) is 14.7. The molecule has 7 aromatic rings. The number of imidazole rings is 2. The van der Waals surface area contributed by atoms with Gasteiger partial charge in [0.2, 0.25) is 5.91 Å². The highest BCUT2D eigenvalue weighted by Crippen LogP contribution is 2.41. The van der Waals surface area contributed by atoms with Crippen LogP contribution in [0.3, 0.4) is 0 Å². The van der Waals surface area contributed by atoms with Crippen molar-refractivity contribution in [3.05, 3.63) is 121 Å². The number of likely N-dealkylation sites (tertiary alicyclic amines) is 2. The predicted molar refractivity (Wildman–Crippen MR) is 269 cm³/mol. The number of ether oxygens (including phenoxy) is 3. The lowest BCUT2D eigenvalue weighted by Gasteiger charge is -2.33. The van der Waals surface area contributed by atoms with Crippen LogP contribution in [0.5, 0.6) is 0 Å². The van der Waals surface area contributed by atoms with Gasteiger partial charge in [0.1, 0.15) is 23.7 Å². The third kappa shape index (κ3) is 9.05. The average molecular weight is 945 g/mol. The molecule has 0 spiro atoms. The fourth-order valence-corrected chi connectivity index (χ4v) is 10.8. The summed E-state index contributed by atoms with van der Waals surface area (Å²) in [5.74, 6) is 2.06. The Hall–Kier alpha value is -7.26. The molecule has 5 aromatic carbocycles. The van der Waals surface area contributed by atoms with Crippen LogP contribution < -0.4 is 10.6 Å². The number of carbonyl (C=O) groups is 4.